The predicted molar refractivity (Wildman–Crippen MR) is 123 cm³/mol. The molecule has 7 aromatic rings. The van der Waals surface area contributed by atoms with Gasteiger partial charge >= 0.3 is 0 Å². The summed E-state index contributed by atoms with van der Waals surface area (Å²) in [5.74, 6) is 0. The molecule has 0 N–H and O–H groups in total. The normalized spacial score (nSPS) is 12.1. The first-order valence-corrected chi connectivity index (χ1v) is 9.92. The lowest BCUT2D eigenvalue weighted by atomic mass is 10.1. The molecule has 0 amide bonds. The Morgan fingerprint density at radius 2 is 1.21 bits per heavy atom. The van der Waals surface area contributed by atoms with Crippen LogP contribution in [0, 0.1) is 0 Å². The second-order valence-electron chi connectivity index (χ2n) is 7.68. The Hall–Kier alpha value is -3.91. The molecule has 3 heterocycles. The van der Waals surface area contributed by atoms with E-state index in [1.807, 2.05) is 0 Å². The Morgan fingerprint density at radius 1 is 0.483 bits per heavy atom. The maximum absolute atomic E-state index is 5.08. The highest BCUT2D eigenvalue weighted by Gasteiger charge is 2.15. The highest BCUT2D eigenvalue weighted by molar-refractivity contribution is 6.19. The minimum absolute atomic E-state index is 1.04. The van der Waals surface area contributed by atoms with E-state index in [2.05, 4.69) is 101 Å². The highest BCUT2D eigenvalue weighted by atomic mass is 14.9. The van der Waals surface area contributed by atoms with Gasteiger partial charge in [0.05, 0.1) is 27.6 Å². The van der Waals surface area contributed by atoms with Crippen molar-refractivity contribution in [3.05, 3.63) is 97.1 Å². The topological polar surface area (TPSA) is 17.3 Å². The zero-order valence-electron chi connectivity index (χ0n) is 15.6. The molecular formula is C27H16N2. The van der Waals surface area contributed by atoms with Crippen LogP contribution in [0.5, 0.6) is 0 Å². The van der Waals surface area contributed by atoms with E-state index >= 15 is 0 Å². The number of rotatable bonds is 0. The fourth-order valence-corrected chi connectivity index (χ4v) is 4.80. The fourth-order valence-electron chi connectivity index (χ4n) is 4.80. The van der Waals surface area contributed by atoms with E-state index in [0.29, 0.717) is 0 Å². The van der Waals surface area contributed by atoms with E-state index in [1.54, 1.807) is 0 Å². The average molecular weight is 368 g/mol. The second kappa shape index (κ2) is 5.33. The van der Waals surface area contributed by atoms with E-state index in [4.69, 9.17) is 4.98 Å². The van der Waals surface area contributed by atoms with Gasteiger partial charge in [0.25, 0.3) is 0 Å². The molecule has 4 aromatic carbocycles. The van der Waals surface area contributed by atoms with Gasteiger partial charge in [0, 0.05) is 21.5 Å². The molecule has 0 aliphatic carbocycles. The summed E-state index contributed by atoms with van der Waals surface area (Å²) in [5.41, 5.74) is 5.76. The van der Waals surface area contributed by atoms with Gasteiger partial charge in [-0.05, 0) is 41.1 Å². The van der Waals surface area contributed by atoms with Gasteiger partial charge in [-0.1, -0.05) is 66.7 Å². The van der Waals surface area contributed by atoms with Crippen LogP contribution in [0.2, 0.25) is 0 Å². The largest absolute Gasteiger partial charge is 0.308 e. The van der Waals surface area contributed by atoms with Crippen molar-refractivity contribution in [1.82, 2.24) is 9.38 Å². The van der Waals surface area contributed by atoms with Gasteiger partial charge in [-0.3, -0.25) is 0 Å². The molecule has 29 heavy (non-hydrogen) atoms. The number of hydrogen-bond acceptors (Lipinski definition) is 1. The van der Waals surface area contributed by atoms with Crippen molar-refractivity contribution in [3.8, 4) is 0 Å². The van der Waals surface area contributed by atoms with E-state index in [9.17, 15) is 0 Å². The summed E-state index contributed by atoms with van der Waals surface area (Å²) in [7, 11) is 0. The molecule has 0 aliphatic rings. The van der Waals surface area contributed by atoms with Gasteiger partial charge in [0.1, 0.15) is 0 Å². The van der Waals surface area contributed by atoms with Crippen molar-refractivity contribution in [2.24, 2.45) is 0 Å². The molecule has 0 atom stereocenters. The molecule has 0 saturated heterocycles. The molecule has 0 aliphatic heterocycles. The minimum atomic E-state index is 1.04. The Balaban J connectivity index is 1.84. The van der Waals surface area contributed by atoms with Gasteiger partial charge in [0.2, 0.25) is 0 Å². The summed E-state index contributed by atoms with van der Waals surface area (Å²) in [5, 5.41) is 7.41. The summed E-state index contributed by atoms with van der Waals surface area (Å²) in [6.45, 7) is 0. The van der Waals surface area contributed by atoms with Crippen molar-refractivity contribution in [2.75, 3.05) is 0 Å². The number of benzene rings is 4. The Bertz CT molecular complexity index is 1760. The monoisotopic (exact) mass is 368 g/mol. The summed E-state index contributed by atoms with van der Waals surface area (Å²) >= 11 is 0. The van der Waals surface area contributed by atoms with E-state index in [-0.39, 0.29) is 0 Å². The third kappa shape index (κ3) is 1.93. The molecule has 0 spiro atoms. The van der Waals surface area contributed by atoms with Crippen molar-refractivity contribution >= 4 is 59.9 Å². The van der Waals surface area contributed by atoms with Gasteiger partial charge in [-0.25, -0.2) is 4.98 Å². The molecule has 2 heteroatoms. The van der Waals surface area contributed by atoms with Crippen molar-refractivity contribution in [3.63, 3.8) is 0 Å². The quantitative estimate of drug-likeness (QED) is 0.206. The molecular weight excluding hydrogens is 352 g/mol. The zero-order chi connectivity index (χ0) is 18.9. The number of aromatic nitrogens is 2. The summed E-state index contributed by atoms with van der Waals surface area (Å²) in [6, 6.07) is 34.7. The molecule has 0 saturated carbocycles. The van der Waals surface area contributed by atoms with Gasteiger partial charge in [-0.2, -0.15) is 0 Å². The van der Waals surface area contributed by atoms with Crippen LogP contribution in [-0.2, 0) is 0 Å². The first-order chi connectivity index (χ1) is 14.4. The van der Waals surface area contributed by atoms with Gasteiger partial charge in [0.15, 0.2) is 0 Å². The van der Waals surface area contributed by atoms with Crippen LogP contribution in [0.25, 0.3) is 59.9 Å². The minimum Gasteiger partial charge on any atom is -0.308 e. The summed E-state index contributed by atoms with van der Waals surface area (Å²) in [4.78, 5) is 5.08. The number of fused-ring (bicyclic) bond motifs is 11. The lowest BCUT2D eigenvalue weighted by Gasteiger charge is -2.10. The van der Waals surface area contributed by atoms with E-state index in [1.165, 1.54) is 48.9 Å². The van der Waals surface area contributed by atoms with Crippen molar-refractivity contribution < 1.29 is 0 Å². The molecule has 134 valence electrons. The Labute approximate surface area is 166 Å². The first-order valence-electron chi connectivity index (χ1n) is 9.92. The van der Waals surface area contributed by atoms with Crippen molar-refractivity contribution in [2.45, 2.75) is 0 Å². The standard InChI is InChI=1S/C27H16N2/c1-3-9-19-17(7-1)13-14-25-21(19)16-26-22-15-18-8-2-5-11-23(18)28-27(22)20-10-4-6-12-24(20)29(25)26/h1-16H. The van der Waals surface area contributed by atoms with Gasteiger partial charge in [-0.15, -0.1) is 0 Å². The zero-order valence-corrected chi connectivity index (χ0v) is 15.6. The van der Waals surface area contributed by atoms with Crippen molar-refractivity contribution in [1.29, 1.82) is 0 Å². The van der Waals surface area contributed by atoms with Crippen LogP contribution in [0.15, 0.2) is 97.1 Å². The van der Waals surface area contributed by atoms with Crippen LogP contribution in [0.4, 0.5) is 0 Å². The van der Waals surface area contributed by atoms with E-state index < -0.39 is 0 Å². The third-order valence-electron chi connectivity index (χ3n) is 6.11. The highest BCUT2D eigenvalue weighted by Crippen LogP contribution is 2.36. The van der Waals surface area contributed by atoms with Crippen LogP contribution >= 0.6 is 0 Å². The average Bonchev–Trinajstić information content (AvgIpc) is 3.19. The molecule has 2 nitrogen and oxygen atoms in total. The molecule has 3 aromatic heterocycles. The third-order valence-corrected chi connectivity index (χ3v) is 6.11. The van der Waals surface area contributed by atoms with Crippen LogP contribution < -0.4 is 0 Å². The predicted octanol–water partition coefficient (Wildman–Crippen LogP) is 7.10. The maximum atomic E-state index is 5.08. The van der Waals surface area contributed by atoms with E-state index in [0.717, 1.165) is 11.0 Å². The maximum Gasteiger partial charge on any atom is 0.0824 e. The Kier molecular flexibility index (Phi) is 2.77. The molecule has 0 unspecified atom stereocenters. The Morgan fingerprint density at radius 3 is 2.14 bits per heavy atom. The molecule has 0 fully saturated rings. The number of para-hydroxylation sites is 2. The summed E-state index contributed by atoms with van der Waals surface area (Å²) < 4.78 is 2.40. The number of nitrogens with zero attached hydrogens (tertiary/aromatic N) is 2. The lowest BCUT2D eigenvalue weighted by Crippen LogP contribution is -1.93. The molecule has 0 bridgehead atoms. The number of pyridine rings is 2. The summed E-state index contributed by atoms with van der Waals surface area (Å²) in [6.07, 6.45) is 0. The van der Waals surface area contributed by atoms with Crippen LogP contribution in [-0.4, -0.2) is 9.38 Å². The van der Waals surface area contributed by atoms with Crippen LogP contribution in [0.1, 0.15) is 0 Å². The SMILES string of the molecule is c1ccc2nc3c4ccccc4n4c5ccc6ccccc6c5cc4c3cc2c1. The second-order valence-corrected chi connectivity index (χ2v) is 7.68. The van der Waals surface area contributed by atoms with Crippen LogP contribution in [0.3, 0.4) is 0 Å². The first kappa shape index (κ1) is 15.1. The smallest absolute Gasteiger partial charge is 0.0824 e. The lowest BCUT2D eigenvalue weighted by molar-refractivity contribution is 1.34. The molecule has 7 rings (SSSR count). The fraction of sp³-hybridized carbons (Fsp3) is 0. The number of hydrogen-bond donors (Lipinski definition) is 0. The van der Waals surface area contributed by atoms with Gasteiger partial charge < -0.3 is 4.40 Å². The molecule has 0 radical (unpaired) electrons.